The van der Waals surface area contributed by atoms with E-state index in [4.69, 9.17) is 0 Å². The van der Waals surface area contributed by atoms with Crippen molar-refractivity contribution in [1.29, 1.82) is 0 Å². The number of sulfone groups is 1. The summed E-state index contributed by atoms with van der Waals surface area (Å²) in [4.78, 5) is 11.2. The van der Waals surface area contributed by atoms with Gasteiger partial charge in [0.2, 0.25) is 0 Å². The molecule has 3 heterocycles. The maximum atomic E-state index is 11.6. The number of hydrogen-bond donors (Lipinski definition) is 1. The van der Waals surface area contributed by atoms with Crippen molar-refractivity contribution in [3.8, 4) is 0 Å². The molecule has 1 fully saturated rings. The van der Waals surface area contributed by atoms with Crippen molar-refractivity contribution < 1.29 is 8.42 Å². The minimum Gasteiger partial charge on any atom is -0.366 e. The summed E-state index contributed by atoms with van der Waals surface area (Å²) in [5, 5.41) is 4.45. The largest absolute Gasteiger partial charge is 0.366 e. The van der Waals surface area contributed by atoms with Crippen LogP contribution in [0.4, 0.5) is 5.82 Å². The van der Waals surface area contributed by atoms with Gasteiger partial charge in [-0.3, -0.25) is 0 Å². The normalized spacial score (nSPS) is 24.1. The van der Waals surface area contributed by atoms with Crippen molar-refractivity contribution in [2.45, 2.75) is 31.7 Å². The van der Waals surface area contributed by atoms with Crippen LogP contribution in [-0.2, 0) is 22.7 Å². The molecular weight excluding hydrogens is 294 g/mol. The quantitative estimate of drug-likeness (QED) is 0.915. The van der Waals surface area contributed by atoms with E-state index < -0.39 is 9.84 Å². The first-order valence-electron chi connectivity index (χ1n) is 6.84. The lowest BCUT2D eigenvalue weighted by Crippen LogP contribution is -2.21. The van der Waals surface area contributed by atoms with E-state index in [1.807, 2.05) is 0 Å². The van der Waals surface area contributed by atoms with Crippen LogP contribution in [0.2, 0.25) is 0 Å². The molecule has 5 nitrogen and oxygen atoms in total. The van der Waals surface area contributed by atoms with Crippen LogP contribution < -0.4 is 5.32 Å². The van der Waals surface area contributed by atoms with Crippen molar-refractivity contribution in [3.63, 3.8) is 0 Å². The SMILES string of the molecule is O=S1(=O)CC[C@@H](Nc2ncnc3sc4c(c23)CCC4)C1. The lowest BCUT2D eigenvalue weighted by Gasteiger charge is -2.12. The van der Waals surface area contributed by atoms with E-state index in [0.717, 1.165) is 28.9 Å². The van der Waals surface area contributed by atoms with Gasteiger partial charge in [0.25, 0.3) is 0 Å². The van der Waals surface area contributed by atoms with Gasteiger partial charge in [0.15, 0.2) is 9.84 Å². The van der Waals surface area contributed by atoms with Crippen LogP contribution in [0, 0.1) is 0 Å². The highest BCUT2D eigenvalue weighted by atomic mass is 32.2. The molecule has 2 aliphatic rings. The Bertz CT molecular complexity index is 782. The first kappa shape index (κ1) is 12.5. The summed E-state index contributed by atoms with van der Waals surface area (Å²) in [6.45, 7) is 0. The molecule has 0 saturated carbocycles. The summed E-state index contributed by atoms with van der Waals surface area (Å²) >= 11 is 1.75. The third-order valence-electron chi connectivity index (χ3n) is 4.07. The monoisotopic (exact) mass is 309 g/mol. The van der Waals surface area contributed by atoms with Crippen LogP contribution in [0.3, 0.4) is 0 Å². The van der Waals surface area contributed by atoms with Gasteiger partial charge in [0.1, 0.15) is 17.0 Å². The van der Waals surface area contributed by atoms with Crippen LogP contribution in [0.1, 0.15) is 23.3 Å². The molecule has 1 N–H and O–H groups in total. The third-order valence-corrected chi connectivity index (χ3v) is 7.04. The summed E-state index contributed by atoms with van der Waals surface area (Å²) < 4.78 is 23.1. The number of nitrogens with one attached hydrogen (secondary N) is 1. The third kappa shape index (κ3) is 2.00. The Morgan fingerprint density at radius 1 is 1.30 bits per heavy atom. The smallest absolute Gasteiger partial charge is 0.152 e. The molecule has 1 saturated heterocycles. The molecule has 0 radical (unpaired) electrons. The van der Waals surface area contributed by atoms with Gasteiger partial charge in [-0.15, -0.1) is 11.3 Å². The maximum Gasteiger partial charge on any atom is 0.152 e. The van der Waals surface area contributed by atoms with Gasteiger partial charge in [0.05, 0.1) is 16.9 Å². The van der Waals surface area contributed by atoms with Crippen molar-refractivity contribution in [2.24, 2.45) is 0 Å². The number of hydrogen-bond acceptors (Lipinski definition) is 6. The zero-order valence-corrected chi connectivity index (χ0v) is 12.6. The Balaban J connectivity index is 1.73. The van der Waals surface area contributed by atoms with E-state index in [-0.39, 0.29) is 17.5 Å². The van der Waals surface area contributed by atoms with Crippen LogP contribution >= 0.6 is 11.3 Å². The molecule has 0 bridgehead atoms. The number of thiophene rings is 1. The molecule has 1 aliphatic heterocycles. The summed E-state index contributed by atoms with van der Waals surface area (Å²) in [6.07, 6.45) is 5.65. The minimum absolute atomic E-state index is 0.0185. The number of rotatable bonds is 2. The fourth-order valence-electron chi connectivity index (χ4n) is 3.14. The predicted octanol–water partition coefficient (Wildman–Crippen LogP) is 1.78. The summed E-state index contributed by atoms with van der Waals surface area (Å²) in [6, 6.07) is -0.0185. The second-order valence-electron chi connectivity index (χ2n) is 5.50. The summed E-state index contributed by atoms with van der Waals surface area (Å²) in [7, 11) is -2.87. The van der Waals surface area contributed by atoms with E-state index in [1.165, 1.54) is 16.9 Å². The molecule has 0 spiro atoms. The van der Waals surface area contributed by atoms with Crippen molar-refractivity contribution in [2.75, 3.05) is 16.8 Å². The van der Waals surface area contributed by atoms with Crippen LogP contribution in [0.15, 0.2) is 6.33 Å². The average Bonchev–Trinajstić information content (AvgIpc) is 3.03. The zero-order valence-electron chi connectivity index (χ0n) is 10.9. The Morgan fingerprint density at radius 2 is 2.20 bits per heavy atom. The second-order valence-corrected chi connectivity index (χ2v) is 8.82. The topological polar surface area (TPSA) is 72.0 Å². The molecular formula is C13H15N3O2S2. The van der Waals surface area contributed by atoms with Gasteiger partial charge in [-0.25, -0.2) is 18.4 Å². The Kier molecular flexibility index (Phi) is 2.75. The first-order chi connectivity index (χ1) is 9.62. The molecule has 7 heteroatoms. The summed E-state index contributed by atoms with van der Waals surface area (Å²) in [5.41, 5.74) is 1.37. The second kappa shape index (κ2) is 4.39. The van der Waals surface area contributed by atoms with E-state index >= 15 is 0 Å². The van der Waals surface area contributed by atoms with Crippen molar-refractivity contribution in [3.05, 3.63) is 16.8 Å². The standard InChI is InChI=1S/C13H15N3O2S2/c17-20(18)5-4-8(6-20)16-12-11-9-2-1-3-10(9)19-13(11)15-7-14-12/h7-8H,1-6H2,(H,14,15,16)/t8-/m1/s1. The molecule has 1 atom stereocenters. The lowest BCUT2D eigenvalue weighted by atomic mass is 10.1. The number of aromatic nitrogens is 2. The fraction of sp³-hybridized carbons (Fsp3) is 0.538. The first-order valence-corrected chi connectivity index (χ1v) is 9.48. The summed E-state index contributed by atoms with van der Waals surface area (Å²) in [5.74, 6) is 1.31. The van der Waals surface area contributed by atoms with E-state index in [1.54, 1.807) is 17.7 Å². The molecule has 2 aromatic heterocycles. The molecule has 2 aromatic rings. The highest BCUT2D eigenvalue weighted by molar-refractivity contribution is 7.91. The Morgan fingerprint density at radius 3 is 3.00 bits per heavy atom. The van der Waals surface area contributed by atoms with Crippen LogP contribution in [0.25, 0.3) is 10.2 Å². The zero-order chi connectivity index (χ0) is 13.7. The van der Waals surface area contributed by atoms with Gasteiger partial charge in [-0.1, -0.05) is 0 Å². The Hall–Kier alpha value is -1.21. The molecule has 20 heavy (non-hydrogen) atoms. The molecule has 1 aliphatic carbocycles. The minimum atomic E-state index is -2.87. The molecule has 0 aromatic carbocycles. The number of anilines is 1. The van der Waals surface area contributed by atoms with Gasteiger partial charge < -0.3 is 5.32 Å². The molecule has 106 valence electrons. The van der Waals surface area contributed by atoms with Crippen molar-refractivity contribution in [1.82, 2.24) is 9.97 Å². The van der Waals surface area contributed by atoms with Gasteiger partial charge in [0, 0.05) is 10.9 Å². The maximum absolute atomic E-state index is 11.6. The predicted molar refractivity (Wildman–Crippen MR) is 80.1 cm³/mol. The van der Waals surface area contributed by atoms with Crippen molar-refractivity contribution >= 4 is 37.2 Å². The molecule has 0 amide bonds. The van der Waals surface area contributed by atoms with Crippen LogP contribution in [0.5, 0.6) is 0 Å². The van der Waals surface area contributed by atoms with Gasteiger partial charge in [-0.2, -0.15) is 0 Å². The van der Waals surface area contributed by atoms with E-state index in [2.05, 4.69) is 15.3 Å². The molecule has 0 unspecified atom stereocenters. The molecule has 4 rings (SSSR count). The van der Waals surface area contributed by atoms with Gasteiger partial charge >= 0.3 is 0 Å². The van der Waals surface area contributed by atoms with E-state index in [9.17, 15) is 8.42 Å². The lowest BCUT2D eigenvalue weighted by molar-refractivity contribution is 0.602. The van der Waals surface area contributed by atoms with Gasteiger partial charge in [-0.05, 0) is 31.2 Å². The van der Waals surface area contributed by atoms with E-state index in [0.29, 0.717) is 6.42 Å². The van der Waals surface area contributed by atoms with Crippen LogP contribution in [-0.4, -0.2) is 35.9 Å². The number of aryl methyl sites for hydroxylation is 2. The highest BCUT2D eigenvalue weighted by Gasteiger charge is 2.29. The number of nitrogens with zero attached hydrogens (tertiary/aromatic N) is 2. The fourth-order valence-corrected chi connectivity index (χ4v) is 6.04. The average molecular weight is 309 g/mol. The number of fused-ring (bicyclic) bond motifs is 3. The Labute approximate surface area is 121 Å². The highest BCUT2D eigenvalue weighted by Crippen LogP contribution is 2.39.